The van der Waals surface area contributed by atoms with Gasteiger partial charge in [0.2, 0.25) is 0 Å². The minimum absolute atomic E-state index is 0.0228. The number of aliphatic hydroxyl groups is 1. The van der Waals surface area contributed by atoms with E-state index in [1.165, 1.54) is 11.0 Å². The number of fused-ring (bicyclic) bond motifs is 1. The van der Waals surface area contributed by atoms with Crippen LogP contribution < -0.4 is 5.43 Å². The second kappa shape index (κ2) is 10.2. The van der Waals surface area contributed by atoms with E-state index in [1.807, 2.05) is 11.9 Å². The van der Waals surface area contributed by atoms with Gasteiger partial charge in [-0.25, -0.2) is 4.79 Å². The van der Waals surface area contributed by atoms with Gasteiger partial charge in [0.05, 0.1) is 16.7 Å². The highest BCUT2D eigenvalue weighted by Crippen LogP contribution is 2.50. The molecular weight excluding hydrogens is 508 g/mol. The number of amides is 1. The molecule has 0 radical (unpaired) electrons. The SMILES string of the molecule is CN1CC[C@H](c2c(C3(N(C)C(=O)O)CCCCC3)cc(O)c3c(=O)cc(-c4ccccc4Cl)oc23)[C@H](O)C1. The molecule has 38 heavy (non-hydrogen) atoms. The predicted octanol–water partition coefficient (Wildman–Crippen LogP) is 5.37. The molecular formula is C29H33ClN2O6. The molecule has 0 spiro atoms. The Labute approximate surface area is 226 Å². The monoisotopic (exact) mass is 540 g/mol. The third kappa shape index (κ3) is 4.44. The number of β-amino-alcohol motifs (C(OH)–C–C–N with tert-alkyl or cyclic N) is 1. The average molecular weight is 541 g/mol. The van der Waals surface area contributed by atoms with Crippen LogP contribution in [0.15, 0.2) is 45.6 Å². The molecule has 1 aliphatic heterocycles. The summed E-state index contributed by atoms with van der Waals surface area (Å²) in [5.74, 6) is -0.433. The number of phenols is 1. The first-order chi connectivity index (χ1) is 18.1. The first-order valence-corrected chi connectivity index (χ1v) is 13.4. The summed E-state index contributed by atoms with van der Waals surface area (Å²) >= 11 is 6.44. The molecule has 202 valence electrons. The Hall–Kier alpha value is -3.07. The molecule has 3 aromatic rings. The van der Waals surface area contributed by atoms with Crippen molar-refractivity contribution in [2.45, 2.75) is 56.1 Å². The highest BCUT2D eigenvalue weighted by molar-refractivity contribution is 6.33. The number of halogens is 1. The van der Waals surface area contributed by atoms with Crippen LogP contribution in [-0.4, -0.2) is 64.5 Å². The average Bonchev–Trinajstić information content (AvgIpc) is 2.89. The summed E-state index contributed by atoms with van der Waals surface area (Å²) in [6, 6.07) is 9.89. The number of likely N-dealkylation sites (tertiary alicyclic amines) is 1. The molecule has 2 aromatic carbocycles. The van der Waals surface area contributed by atoms with Gasteiger partial charge in [-0.1, -0.05) is 43.0 Å². The van der Waals surface area contributed by atoms with Crippen LogP contribution in [-0.2, 0) is 5.54 Å². The maximum atomic E-state index is 13.4. The molecule has 5 rings (SSSR count). The van der Waals surface area contributed by atoms with Gasteiger partial charge < -0.3 is 29.5 Å². The van der Waals surface area contributed by atoms with Gasteiger partial charge in [0.15, 0.2) is 5.43 Å². The van der Waals surface area contributed by atoms with Crippen LogP contribution in [0.4, 0.5) is 4.79 Å². The number of aromatic hydroxyl groups is 1. The zero-order valence-corrected chi connectivity index (χ0v) is 22.4. The van der Waals surface area contributed by atoms with Crippen molar-refractivity contribution in [2.24, 2.45) is 0 Å². The van der Waals surface area contributed by atoms with E-state index in [2.05, 4.69) is 0 Å². The number of hydrogen-bond acceptors (Lipinski definition) is 6. The summed E-state index contributed by atoms with van der Waals surface area (Å²) in [5.41, 5.74) is 0.535. The molecule has 2 fully saturated rings. The smallest absolute Gasteiger partial charge is 0.407 e. The fourth-order valence-corrected chi connectivity index (χ4v) is 6.64. The summed E-state index contributed by atoms with van der Waals surface area (Å²) in [6.07, 6.45) is 2.46. The van der Waals surface area contributed by atoms with Crippen molar-refractivity contribution < 1.29 is 24.5 Å². The summed E-state index contributed by atoms with van der Waals surface area (Å²) in [7, 11) is 3.49. The Kier molecular flexibility index (Phi) is 7.15. The minimum atomic E-state index is -1.08. The van der Waals surface area contributed by atoms with E-state index in [-0.39, 0.29) is 22.5 Å². The first kappa shape index (κ1) is 26.5. The minimum Gasteiger partial charge on any atom is -0.507 e. The van der Waals surface area contributed by atoms with Gasteiger partial charge in [0, 0.05) is 36.7 Å². The second-order valence-electron chi connectivity index (χ2n) is 10.7. The molecule has 2 atom stereocenters. The quantitative estimate of drug-likeness (QED) is 0.407. The van der Waals surface area contributed by atoms with Gasteiger partial charge >= 0.3 is 6.09 Å². The fourth-order valence-electron chi connectivity index (χ4n) is 6.41. The number of hydrogen-bond donors (Lipinski definition) is 3. The highest BCUT2D eigenvalue weighted by Gasteiger charge is 2.45. The molecule has 0 unspecified atom stereocenters. The number of nitrogens with zero attached hydrogens (tertiary/aromatic N) is 2. The zero-order valence-electron chi connectivity index (χ0n) is 21.6. The Morgan fingerprint density at radius 1 is 1.18 bits per heavy atom. The summed E-state index contributed by atoms with van der Waals surface area (Å²) in [5, 5.41) is 33.1. The first-order valence-electron chi connectivity index (χ1n) is 13.1. The van der Waals surface area contributed by atoms with Crippen LogP contribution in [0, 0.1) is 0 Å². The number of carbonyl (C=O) groups is 1. The number of benzene rings is 2. The van der Waals surface area contributed by atoms with E-state index in [0.29, 0.717) is 54.1 Å². The lowest BCUT2D eigenvalue weighted by Gasteiger charge is -2.46. The van der Waals surface area contributed by atoms with Crippen LogP contribution in [0.1, 0.15) is 55.6 Å². The van der Waals surface area contributed by atoms with Crippen LogP contribution in [0.3, 0.4) is 0 Å². The van der Waals surface area contributed by atoms with Crippen molar-refractivity contribution in [3.05, 3.63) is 62.8 Å². The van der Waals surface area contributed by atoms with Crippen LogP contribution >= 0.6 is 11.6 Å². The molecule has 1 saturated heterocycles. The summed E-state index contributed by atoms with van der Waals surface area (Å²) < 4.78 is 6.43. The molecule has 1 aromatic heterocycles. The third-order valence-electron chi connectivity index (χ3n) is 8.43. The molecule has 1 aliphatic carbocycles. The standard InChI is InChI=1S/C29H33ClN2O6/c1-31-13-10-18(23(35)16-31)25-19(29(32(2)28(36)37)11-6-3-7-12-29)14-21(33)26-22(34)15-24(38-27(25)26)17-8-4-5-9-20(17)30/h4-5,8-9,14-15,18,23,33,35H,3,6-7,10-13,16H2,1-2H3,(H,36,37)/t18-,23+/m0/s1. The fraction of sp³-hybridized carbons (Fsp3) is 0.448. The molecule has 0 bridgehead atoms. The van der Waals surface area contributed by atoms with Crippen molar-refractivity contribution in [1.82, 2.24) is 9.80 Å². The number of aliphatic hydroxyl groups excluding tert-OH is 1. The van der Waals surface area contributed by atoms with Crippen molar-refractivity contribution in [1.29, 1.82) is 0 Å². The normalized spacial score (nSPS) is 21.9. The van der Waals surface area contributed by atoms with E-state index in [4.69, 9.17) is 16.0 Å². The van der Waals surface area contributed by atoms with Gasteiger partial charge in [0.25, 0.3) is 0 Å². The molecule has 9 heteroatoms. The van der Waals surface area contributed by atoms with Gasteiger partial charge in [-0.15, -0.1) is 0 Å². The summed E-state index contributed by atoms with van der Waals surface area (Å²) in [4.78, 5) is 29.2. The molecule has 1 amide bonds. The zero-order chi connectivity index (χ0) is 27.2. The largest absolute Gasteiger partial charge is 0.507 e. The predicted molar refractivity (Wildman–Crippen MR) is 146 cm³/mol. The Morgan fingerprint density at radius 3 is 2.55 bits per heavy atom. The van der Waals surface area contributed by atoms with E-state index in [1.54, 1.807) is 37.4 Å². The van der Waals surface area contributed by atoms with Crippen LogP contribution in [0.25, 0.3) is 22.3 Å². The number of phenolic OH excluding ortho intramolecular Hbond substituents is 1. The second-order valence-corrected chi connectivity index (χ2v) is 11.1. The van der Waals surface area contributed by atoms with Gasteiger partial charge in [-0.2, -0.15) is 0 Å². The van der Waals surface area contributed by atoms with Crippen molar-refractivity contribution in [3.8, 4) is 17.1 Å². The van der Waals surface area contributed by atoms with E-state index in [9.17, 15) is 24.9 Å². The van der Waals surface area contributed by atoms with Crippen LogP contribution in [0.5, 0.6) is 5.75 Å². The van der Waals surface area contributed by atoms with E-state index < -0.39 is 29.1 Å². The Bertz CT molecular complexity index is 1430. The van der Waals surface area contributed by atoms with Gasteiger partial charge in [0.1, 0.15) is 22.5 Å². The molecule has 8 nitrogen and oxygen atoms in total. The number of piperidine rings is 1. The third-order valence-corrected chi connectivity index (χ3v) is 8.76. The Balaban J connectivity index is 1.88. The maximum absolute atomic E-state index is 13.4. The maximum Gasteiger partial charge on any atom is 0.407 e. The number of rotatable bonds is 4. The van der Waals surface area contributed by atoms with E-state index in [0.717, 1.165) is 19.3 Å². The molecule has 2 aliphatic rings. The molecule has 3 N–H and O–H groups in total. The van der Waals surface area contributed by atoms with Gasteiger partial charge in [-0.05, 0) is 56.6 Å². The topological polar surface area (TPSA) is 114 Å². The lowest BCUT2D eigenvalue weighted by Crippen LogP contribution is -2.49. The van der Waals surface area contributed by atoms with Crippen molar-refractivity contribution >= 4 is 28.7 Å². The Morgan fingerprint density at radius 2 is 1.89 bits per heavy atom. The molecule has 1 saturated carbocycles. The van der Waals surface area contributed by atoms with E-state index >= 15 is 0 Å². The van der Waals surface area contributed by atoms with Gasteiger partial charge in [-0.3, -0.25) is 4.79 Å². The lowest BCUT2D eigenvalue weighted by atomic mass is 9.70. The number of carboxylic acid groups (broad SMARTS) is 1. The highest BCUT2D eigenvalue weighted by atomic mass is 35.5. The summed E-state index contributed by atoms with van der Waals surface area (Å²) in [6.45, 7) is 1.13. The van der Waals surface area contributed by atoms with Crippen molar-refractivity contribution in [2.75, 3.05) is 27.2 Å². The molecule has 2 heterocycles. The van der Waals surface area contributed by atoms with Crippen LogP contribution in [0.2, 0.25) is 5.02 Å². The number of likely N-dealkylation sites (N-methyl/N-ethyl adjacent to an activating group) is 1. The lowest BCUT2D eigenvalue weighted by molar-refractivity contribution is 0.0536. The van der Waals surface area contributed by atoms with Crippen molar-refractivity contribution in [3.63, 3.8) is 0 Å².